The molecule has 0 unspecified atom stereocenters. The zero-order valence-electron chi connectivity index (χ0n) is 13.3. The normalized spacial score (nSPS) is 11.6. The van der Waals surface area contributed by atoms with E-state index in [0.717, 1.165) is 5.56 Å². The van der Waals surface area contributed by atoms with Crippen LogP contribution in [0.1, 0.15) is 22.8 Å². The lowest BCUT2D eigenvalue weighted by atomic mass is 10.1. The molecule has 0 aliphatic heterocycles. The van der Waals surface area contributed by atoms with Gasteiger partial charge < -0.3 is 14.8 Å². The zero-order valence-corrected chi connectivity index (χ0v) is 14.0. The molecule has 2 aromatic rings. The van der Waals surface area contributed by atoms with Crippen LogP contribution in [-0.2, 0) is 20.9 Å². The van der Waals surface area contributed by atoms with Crippen LogP contribution in [0.25, 0.3) is 0 Å². The number of carbonyl (C=O) groups is 2. The van der Waals surface area contributed by atoms with Crippen LogP contribution in [0.3, 0.4) is 0 Å². The Labute approximate surface area is 144 Å². The largest absolute Gasteiger partial charge is 0.449 e. The van der Waals surface area contributed by atoms with Gasteiger partial charge >= 0.3 is 5.97 Å². The third-order valence-corrected chi connectivity index (χ3v) is 3.36. The first-order valence-electron chi connectivity index (χ1n) is 7.21. The average Bonchev–Trinajstić information content (AvgIpc) is 2.57. The summed E-state index contributed by atoms with van der Waals surface area (Å²) in [5.41, 5.74) is 1.30. The molecule has 0 aliphatic carbocycles. The summed E-state index contributed by atoms with van der Waals surface area (Å²) in [7, 11) is 1.60. The van der Waals surface area contributed by atoms with Gasteiger partial charge in [-0.25, -0.2) is 9.78 Å². The highest BCUT2D eigenvalue weighted by Crippen LogP contribution is 2.11. The summed E-state index contributed by atoms with van der Waals surface area (Å²) in [5.74, 6) is -0.726. The second-order valence-electron chi connectivity index (χ2n) is 5.03. The van der Waals surface area contributed by atoms with Gasteiger partial charge in [-0.2, -0.15) is 0 Å². The van der Waals surface area contributed by atoms with Crippen LogP contribution < -0.4 is 5.32 Å². The number of carbonyl (C=O) groups excluding carboxylic acids is 2. The molecule has 1 atom stereocenters. The maximum atomic E-state index is 12.1. The van der Waals surface area contributed by atoms with Crippen molar-refractivity contribution >= 4 is 29.3 Å². The highest BCUT2D eigenvalue weighted by Gasteiger charge is 2.19. The third-order valence-electron chi connectivity index (χ3n) is 3.13. The Morgan fingerprint density at radius 2 is 1.92 bits per heavy atom. The molecule has 0 saturated carbocycles. The second-order valence-corrected chi connectivity index (χ2v) is 5.46. The first kappa shape index (κ1) is 17.9. The van der Waals surface area contributed by atoms with E-state index in [9.17, 15) is 9.59 Å². The van der Waals surface area contributed by atoms with Crippen molar-refractivity contribution in [3.8, 4) is 0 Å². The van der Waals surface area contributed by atoms with Crippen molar-refractivity contribution < 1.29 is 19.1 Å². The van der Waals surface area contributed by atoms with Crippen LogP contribution in [0, 0.1) is 0 Å². The Kier molecular flexibility index (Phi) is 6.28. The van der Waals surface area contributed by atoms with Crippen LogP contribution in [0.2, 0.25) is 5.02 Å². The Morgan fingerprint density at radius 3 is 2.50 bits per heavy atom. The molecule has 0 aliphatic rings. The molecule has 2 rings (SSSR count). The number of nitrogens with zero attached hydrogens (tertiary/aromatic N) is 1. The number of methoxy groups -OCH3 is 1. The van der Waals surface area contributed by atoms with E-state index in [0.29, 0.717) is 23.0 Å². The number of anilines is 1. The topological polar surface area (TPSA) is 77.5 Å². The van der Waals surface area contributed by atoms with E-state index in [1.807, 2.05) is 0 Å². The van der Waals surface area contributed by atoms with Gasteiger partial charge in [0.25, 0.3) is 5.91 Å². The second kappa shape index (κ2) is 8.42. The summed E-state index contributed by atoms with van der Waals surface area (Å²) in [6, 6.07) is 9.95. The molecular formula is C17H17ClN2O4. The maximum Gasteiger partial charge on any atom is 0.338 e. The molecule has 0 bridgehead atoms. The van der Waals surface area contributed by atoms with Gasteiger partial charge in [-0.05, 0) is 36.8 Å². The number of amides is 1. The van der Waals surface area contributed by atoms with E-state index in [4.69, 9.17) is 21.1 Å². The van der Waals surface area contributed by atoms with Crippen molar-refractivity contribution in [3.05, 3.63) is 58.7 Å². The van der Waals surface area contributed by atoms with Crippen LogP contribution in [0.5, 0.6) is 0 Å². The Bertz CT molecular complexity index is 702. The lowest BCUT2D eigenvalue weighted by molar-refractivity contribution is -0.123. The summed E-state index contributed by atoms with van der Waals surface area (Å²) >= 11 is 5.73. The van der Waals surface area contributed by atoms with E-state index >= 15 is 0 Å². The quantitative estimate of drug-likeness (QED) is 0.812. The summed E-state index contributed by atoms with van der Waals surface area (Å²) < 4.78 is 10.2. The summed E-state index contributed by atoms with van der Waals surface area (Å²) in [6.45, 7) is 1.95. The molecule has 126 valence electrons. The number of halogens is 1. The summed E-state index contributed by atoms with van der Waals surface area (Å²) in [6.07, 6.45) is 0.448. The van der Waals surface area contributed by atoms with Crippen LogP contribution in [0.15, 0.2) is 42.6 Å². The Hall–Kier alpha value is -2.44. The van der Waals surface area contributed by atoms with Crippen molar-refractivity contribution in [2.24, 2.45) is 0 Å². The predicted molar refractivity (Wildman–Crippen MR) is 89.9 cm³/mol. The molecule has 1 N–H and O–H groups in total. The predicted octanol–water partition coefficient (Wildman–Crippen LogP) is 3.07. The van der Waals surface area contributed by atoms with Crippen molar-refractivity contribution in [1.82, 2.24) is 4.98 Å². The number of rotatable bonds is 6. The number of aromatic nitrogens is 1. The van der Waals surface area contributed by atoms with Crippen molar-refractivity contribution in [3.63, 3.8) is 0 Å². The first-order valence-corrected chi connectivity index (χ1v) is 7.58. The molecule has 1 heterocycles. The molecule has 6 nitrogen and oxygen atoms in total. The Balaban J connectivity index is 1.92. The third kappa shape index (κ3) is 5.04. The molecule has 0 saturated heterocycles. The molecular weight excluding hydrogens is 332 g/mol. The summed E-state index contributed by atoms with van der Waals surface area (Å²) in [4.78, 5) is 28.0. The molecule has 0 fully saturated rings. The fourth-order valence-electron chi connectivity index (χ4n) is 1.86. The van der Waals surface area contributed by atoms with Crippen molar-refractivity contribution in [2.45, 2.75) is 19.6 Å². The summed E-state index contributed by atoms with van der Waals surface area (Å²) in [5, 5.41) is 3.01. The minimum Gasteiger partial charge on any atom is -0.449 e. The van der Waals surface area contributed by atoms with Crippen molar-refractivity contribution in [1.29, 1.82) is 0 Å². The molecule has 0 spiro atoms. The van der Waals surface area contributed by atoms with Gasteiger partial charge in [0.1, 0.15) is 5.82 Å². The van der Waals surface area contributed by atoms with Gasteiger partial charge in [0, 0.05) is 13.3 Å². The van der Waals surface area contributed by atoms with Crippen molar-refractivity contribution in [2.75, 3.05) is 12.4 Å². The molecule has 0 radical (unpaired) electrons. The molecule has 1 aromatic heterocycles. The lowest BCUT2D eigenvalue weighted by Crippen LogP contribution is -2.30. The lowest BCUT2D eigenvalue weighted by Gasteiger charge is -2.13. The monoisotopic (exact) mass is 348 g/mol. The average molecular weight is 349 g/mol. The van der Waals surface area contributed by atoms with Gasteiger partial charge in [-0.3, -0.25) is 4.79 Å². The smallest absolute Gasteiger partial charge is 0.338 e. The maximum absolute atomic E-state index is 12.1. The van der Waals surface area contributed by atoms with Gasteiger partial charge in [0.15, 0.2) is 6.10 Å². The van der Waals surface area contributed by atoms with E-state index in [2.05, 4.69) is 10.3 Å². The van der Waals surface area contributed by atoms with Crippen LogP contribution in [-0.4, -0.2) is 30.1 Å². The molecule has 1 aromatic carbocycles. The zero-order chi connectivity index (χ0) is 17.5. The number of ether oxygens (including phenoxy) is 2. The van der Waals surface area contributed by atoms with Gasteiger partial charge in [0.2, 0.25) is 0 Å². The number of hydrogen-bond acceptors (Lipinski definition) is 5. The highest BCUT2D eigenvalue weighted by atomic mass is 35.5. The molecule has 24 heavy (non-hydrogen) atoms. The van der Waals surface area contributed by atoms with Gasteiger partial charge in [-0.1, -0.05) is 23.7 Å². The number of hydrogen-bond donors (Lipinski definition) is 1. The highest BCUT2D eigenvalue weighted by molar-refractivity contribution is 6.30. The van der Waals surface area contributed by atoms with E-state index in [1.165, 1.54) is 13.1 Å². The molecule has 1 amide bonds. The minimum atomic E-state index is -0.964. The number of pyridine rings is 1. The van der Waals surface area contributed by atoms with E-state index in [-0.39, 0.29) is 0 Å². The van der Waals surface area contributed by atoms with Crippen LogP contribution >= 0.6 is 11.6 Å². The number of benzene rings is 1. The molecule has 7 heteroatoms. The van der Waals surface area contributed by atoms with E-state index in [1.54, 1.807) is 43.5 Å². The van der Waals surface area contributed by atoms with Gasteiger partial charge in [-0.15, -0.1) is 0 Å². The fraction of sp³-hybridized carbons (Fsp3) is 0.235. The Morgan fingerprint density at radius 1 is 1.21 bits per heavy atom. The first-order chi connectivity index (χ1) is 11.5. The number of nitrogens with one attached hydrogen (secondary N) is 1. The standard InChI is InChI=1S/C17H17ClN2O4/c1-11(16(21)20-15-8-7-14(18)9-19-15)24-17(22)13-5-3-12(4-6-13)10-23-2/h3-9,11H,10H2,1-2H3,(H,19,20,21)/t11-/m1/s1. The fourth-order valence-corrected chi connectivity index (χ4v) is 1.98. The van der Waals surface area contributed by atoms with E-state index < -0.39 is 18.0 Å². The SMILES string of the molecule is COCc1ccc(C(=O)O[C@H](C)C(=O)Nc2ccc(Cl)cn2)cc1. The van der Waals surface area contributed by atoms with Crippen LogP contribution in [0.4, 0.5) is 5.82 Å². The number of esters is 1. The van der Waals surface area contributed by atoms with Gasteiger partial charge in [0.05, 0.1) is 17.2 Å². The minimum absolute atomic E-state index is 0.330.